The SMILES string of the molecule is CC(C)N1C(=O)c2ccccc2C(C(=O)N2CCOCC2)C12CNC2. The fraction of sp³-hybridized carbons (Fsp3) is 0.579. The van der Waals surface area contributed by atoms with E-state index in [0.717, 1.165) is 5.56 Å². The van der Waals surface area contributed by atoms with Gasteiger partial charge in [0.05, 0.1) is 24.7 Å². The van der Waals surface area contributed by atoms with Gasteiger partial charge in [-0.1, -0.05) is 18.2 Å². The average molecular weight is 343 g/mol. The van der Waals surface area contributed by atoms with Crippen LogP contribution in [0.5, 0.6) is 0 Å². The lowest BCUT2D eigenvalue weighted by Gasteiger charge is -2.59. The van der Waals surface area contributed by atoms with Gasteiger partial charge in [-0.2, -0.15) is 0 Å². The number of morpholine rings is 1. The van der Waals surface area contributed by atoms with E-state index in [2.05, 4.69) is 5.32 Å². The predicted octanol–water partition coefficient (Wildman–Crippen LogP) is 0.835. The summed E-state index contributed by atoms with van der Waals surface area (Å²) in [5.41, 5.74) is 1.08. The number of amides is 2. The van der Waals surface area contributed by atoms with Gasteiger partial charge in [-0.3, -0.25) is 9.59 Å². The molecule has 0 aromatic heterocycles. The van der Waals surface area contributed by atoms with Gasteiger partial charge in [-0.25, -0.2) is 0 Å². The Morgan fingerprint density at radius 2 is 1.92 bits per heavy atom. The van der Waals surface area contributed by atoms with Crippen LogP contribution >= 0.6 is 0 Å². The van der Waals surface area contributed by atoms with Gasteiger partial charge in [0.25, 0.3) is 5.91 Å². The zero-order valence-corrected chi connectivity index (χ0v) is 14.8. The smallest absolute Gasteiger partial charge is 0.254 e. The fourth-order valence-electron chi connectivity index (χ4n) is 4.54. The number of nitrogens with one attached hydrogen (secondary N) is 1. The Morgan fingerprint density at radius 3 is 2.52 bits per heavy atom. The van der Waals surface area contributed by atoms with Crippen molar-refractivity contribution in [1.29, 1.82) is 0 Å². The van der Waals surface area contributed by atoms with Crippen LogP contribution in [-0.4, -0.2) is 72.6 Å². The lowest BCUT2D eigenvalue weighted by atomic mass is 9.68. The Kier molecular flexibility index (Phi) is 4.04. The number of hydrogen-bond acceptors (Lipinski definition) is 4. The van der Waals surface area contributed by atoms with Crippen LogP contribution in [0.4, 0.5) is 0 Å². The third-order valence-corrected chi connectivity index (χ3v) is 5.69. The van der Waals surface area contributed by atoms with Crippen LogP contribution in [0.2, 0.25) is 0 Å². The lowest BCUT2D eigenvalue weighted by Crippen LogP contribution is -2.77. The zero-order valence-electron chi connectivity index (χ0n) is 14.8. The molecule has 0 radical (unpaired) electrons. The highest BCUT2D eigenvalue weighted by atomic mass is 16.5. The fourth-order valence-corrected chi connectivity index (χ4v) is 4.54. The summed E-state index contributed by atoms with van der Waals surface area (Å²) < 4.78 is 5.40. The third kappa shape index (κ3) is 2.39. The third-order valence-electron chi connectivity index (χ3n) is 5.69. The van der Waals surface area contributed by atoms with Crippen molar-refractivity contribution in [2.45, 2.75) is 31.3 Å². The second-order valence-corrected chi connectivity index (χ2v) is 7.43. The number of fused-ring (bicyclic) bond motifs is 1. The number of carbonyl (C=O) groups excluding carboxylic acids is 2. The van der Waals surface area contributed by atoms with Gasteiger partial charge < -0.3 is 19.9 Å². The second kappa shape index (κ2) is 6.11. The quantitative estimate of drug-likeness (QED) is 0.864. The maximum absolute atomic E-state index is 13.5. The summed E-state index contributed by atoms with van der Waals surface area (Å²) in [4.78, 5) is 30.5. The molecular formula is C19H25N3O3. The molecule has 1 aromatic carbocycles. The Hall–Kier alpha value is -1.92. The summed E-state index contributed by atoms with van der Waals surface area (Å²) >= 11 is 0. The van der Waals surface area contributed by atoms with Crippen molar-refractivity contribution in [2.75, 3.05) is 39.4 Å². The molecule has 3 aliphatic heterocycles. The van der Waals surface area contributed by atoms with E-state index in [9.17, 15) is 9.59 Å². The number of benzene rings is 1. The van der Waals surface area contributed by atoms with Gasteiger partial charge in [0, 0.05) is 37.8 Å². The molecule has 1 spiro atoms. The number of hydrogen-bond donors (Lipinski definition) is 1. The van der Waals surface area contributed by atoms with Gasteiger partial charge in [0.2, 0.25) is 5.91 Å². The molecule has 1 unspecified atom stereocenters. The maximum atomic E-state index is 13.5. The maximum Gasteiger partial charge on any atom is 0.254 e. The molecule has 2 saturated heterocycles. The van der Waals surface area contributed by atoms with E-state index >= 15 is 0 Å². The minimum Gasteiger partial charge on any atom is -0.378 e. The molecule has 6 heteroatoms. The van der Waals surface area contributed by atoms with E-state index in [1.165, 1.54) is 0 Å². The summed E-state index contributed by atoms with van der Waals surface area (Å²) in [7, 11) is 0. The highest BCUT2D eigenvalue weighted by molar-refractivity contribution is 6.02. The molecule has 1 N–H and O–H groups in total. The van der Waals surface area contributed by atoms with Gasteiger partial charge in [0.1, 0.15) is 0 Å². The molecule has 1 aromatic rings. The Labute approximate surface area is 148 Å². The van der Waals surface area contributed by atoms with Crippen molar-refractivity contribution in [3.8, 4) is 0 Å². The number of rotatable bonds is 2. The van der Waals surface area contributed by atoms with Crippen molar-refractivity contribution in [2.24, 2.45) is 0 Å². The monoisotopic (exact) mass is 343 g/mol. The summed E-state index contributed by atoms with van der Waals surface area (Å²) in [6, 6.07) is 7.65. The highest BCUT2D eigenvalue weighted by Crippen LogP contribution is 2.45. The minimum absolute atomic E-state index is 0.0399. The molecule has 1 atom stereocenters. The number of ether oxygens (including phenoxy) is 1. The standard InChI is InChI=1S/C19H25N3O3/c1-13(2)22-17(23)15-6-4-3-5-14(15)16(19(22)11-20-12-19)18(24)21-7-9-25-10-8-21/h3-6,13,16,20H,7-12H2,1-2H3. The number of carbonyl (C=O) groups is 2. The summed E-state index contributed by atoms with van der Waals surface area (Å²) in [5, 5.41) is 3.31. The molecule has 3 heterocycles. The van der Waals surface area contributed by atoms with E-state index in [1.54, 1.807) is 0 Å². The molecule has 6 nitrogen and oxygen atoms in total. The first-order valence-electron chi connectivity index (χ1n) is 9.06. The van der Waals surface area contributed by atoms with E-state index in [4.69, 9.17) is 4.74 Å². The van der Waals surface area contributed by atoms with Crippen molar-refractivity contribution >= 4 is 11.8 Å². The average Bonchev–Trinajstić information content (AvgIpc) is 2.60. The van der Waals surface area contributed by atoms with Gasteiger partial charge in [0.15, 0.2) is 0 Å². The first kappa shape index (κ1) is 16.5. The molecule has 4 rings (SSSR count). The predicted molar refractivity (Wildman–Crippen MR) is 93.5 cm³/mol. The van der Waals surface area contributed by atoms with Crippen LogP contribution in [0.15, 0.2) is 24.3 Å². The molecular weight excluding hydrogens is 318 g/mol. The summed E-state index contributed by atoms with van der Waals surface area (Å²) in [6.45, 7) is 7.78. The van der Waals surface area contributed by atoms with Crippen molar-refractivity contribution < 1.29 is 14.3 Å². The van der Waals surface area contributed by atoms with Crippen LogP contribution in [0.25, 0.3) is 0 Å². The topological polar surface area (TPSA) is 61.9 Å². The second-order valence-electron chi connectivity index (χ2n) is 7.43. The highest BCUT2D eigenvalue weighted by Gasteiger charge is 2.59. The van der Waals surface area contributed by atoms with Crippen LogP contribution < -0.4 is 5.32 Å². The van der Waals surface area contributed by atoms with E-state index in [0.29, 0.717) is 45.0 Å². The van der Waals surface area contributed by atoms with Crippen LogP contribution in [0.1, 0.15) is 35.7 Å². The van der Waals surface area contributed by atoms with Gasteiger partial charge >= 0.3 is 0 Å². The molecule has 0 saturated carbocycles. The molecule has 25 heavy (non-hydrogen) atoms. The van der Waals surface area contributed by atoms with Gasteiger partial charge in [-0.15, -0.1) is 0 Å². The Balaban J connectivity index is 1.82. The Bertz CT molecular complexity index is 693. The van der Waals surface area contributed by atoms with Crippen LogP contribution in [-0.2, 0) is 9.53 Å². The lowest BCUT2D eigenvalue weighted by molar-refractivity contribution is -0.143. The zero-order chi connectivity index (χ0) is 17.6. The molecule has 2 fully saturated rings. The summed E-state index contributed by atoms with van der Waals surface area (Å²) in [5.74, 6) is -0.156. The van der Waals surface area contributed by atoms with Crippen molar-refractivity contribution in [1.82, 2.24) is 15.1 Å². The first-order valence-corrected chi connectivity index (χ1v) is 9.06. The van der Waals surface area contributed by atoms with E-state index < -0.39 is 5.54 Å². The molecule has 0 bridgehead atoms. The van der Waals surface area contributed by atoms with Crippen molar-refractivity contribution in [3.63, 3.8) is 0 Å². The van der Waals surface area contributed by atoms with E-state index in [1.807, 2.05) is 47.9 Å². The van der Waals surface area contributed by atoms with Gasteiger partial charge in [-0.05, 0) is 25.5 Å². The molecule has 2 amide bonds. The van der Waals surface area contributed by atoms with Crippen molar-refractivity contribution in [3.05, 3.63) is 35.4 Å². The molecule has 3 aliphatic rings. The van der Waals surface area contributed by atoms with E-state index in [-0.39, 0.29) is 23.8 Å². The van der Waals surface area contributed by atoms with Crippen LogP contribution in [0, 0.1) is 0 Å². The molecule has 0 aliphatic carbocycles. The number of nitrogens with zero attached hydrogens (tertiary/aromatic N) is 2. The normalized spacial score (nSPS) is 25.1. The first-order chi connectivity index (χ1) is 12.1. The summed E-state index contributed by atoms with van der Waals surface area (Å²) in [6.07, 6.45) is 0. The molecule has 134 valence electrons. The minimum atomic E-state index is -0.463. The largest absolute Gasteiger partial charge is 0.378 e. The Morgan fingerprint density at radius 1 is 1.24 bits per heavy atom. The van der Waals surface area contributed by atoms with Crippen LogP contribution in [0.3, 0.4) is 0 Å².